The molecular weight excluding hydrogens is 324 g/mol. The molecule has 0 amide bonds. The van der Waals surface area contributed by atoms with Gasteiger partial charge in [0, 0.05) is 44.3 Å². The number of pyridine rings is 1. The van der Waals surface area contributed by atoms with Crippen LogP contribution in [-0.4, -0.2) is 50.8 Å². The maximum Gasteiger partial charge on any atom is 0.148 e. The normalized spacial score (nSPS) is 15.4. The second-order valence-electron chi connectivity index (χ2n) is 6.79. The number of rotatable bonds is 4. The molecule has 6 heteroatoms. The molecule has 3 heterocycles. The van der Waals surface area contributed by atoms with Crippen LogP contribution in [0.3, 0.4) is 0 Å². The number of nitrogens with zero attached hydrogens (tertiary/aromatic N) is 6. The highest BCUT2D eigenvalue weighted by Gasteiger charge is 2.20. The molecule has 134 valence electrons. The van der Waals surface area contributed by atoms with Crippen molar-refractivity contribution in [3.8, 4) is 5.69 Å². The Balaban J connectivity index is 1.44. The van der Waals surface area contributed by atoms with Crippen molar-refractivity contribution in [1.82, 2.24) is 24.6 Å². The molecule has 0 radical (unpaired) electrons. The summed E-state index contributed by atoms with van der Waals surface area (Å²) in [6.45, 7) is 9.01. The number of piperazine rings is 1. The highest BCUT2D eigenvalue weighted by atomic mass is 15.4. The van der Waals surface area contributed by atoms with Crippen LogP contribution in [0.5, 0.6) is 0 Å². The zero-order chi connectivity index (χ0) is 17.9. The Hall–Kier alpha value is -2.73. The zero-order valence-electron chi connectivity index (χ0n) is 15.3. The number of hydrogen-bond donors (Lipinski definition) is 0. The van der Waals surface area contributed by atoms with Gasteiger partial charge in [0.25, 0.3) is 0 Å². The average Bonchev–Trinajstić information content (AvgIpc) is 3.03. The van der Waals surface area contributed by atoms with Crippen LogP contribution in [0.4, 0.5) is 5.69 Å². The third-order valence-corrected chi connectivity index (χ3v) is 4.79. The number of aromatic nitrogens is 4. The van der Waals surface area contributed by atoms with Crippen molar-refractivity contribution < 1.29 is 0 Å². The van der Waals surface area contributed by atoms with E-state index in [1.165, 1.54) is 11.3 Å². The number of aryl methyl sites for hydroxylation is 2. The van der Waals surface area contributed by atoms with Gasteiger partial charge in [-0.15, -0.1) is 0 Å². The number of anilines is 1. The summed E-state index contributed by atoms with van der Waals surface area (Å²) >= 11 is 0. The second-order valence-corrected chi connectivity index (χ2v) is 6.79. The molecule has 2 aromatic heterocycles. The van der Waals surface area contributed by atoms with Gasteiger partial charge in [-0.2, -0.15) is 5.10 Å². The van der Waals surface area contributed by atoms with Crippen molar-refractivity contribution in [3.05, 3.63) is 66.0 Å². The van der Waals surface area contributed by atoms with Crippen LogP contribution in [0.2, 0.25) is 0 Å². The molecule has 1 aliphatic rings. The smallest absolute Gasteiger partial charge is 0.148 e. The fourth-order valence-corrected chi connectivity index (χ4v) is 3.44. The lowest BCUT2D eigenvalue weighted by atomic mass is 10.2. The van der Waals surface area contributed by atoms with Crippen LogP contribution < -0.4 is 4.90 Å². The lowest BCUT2D eigenvalue weighted by molar-refractivity contribution is 0.242. The van der Waals surface area contributed by atoms with Crippen LogP contribution in [-0.2, 0) is 6.54 Å². The van der Waals surface area contributed by atoms with Crippen molar-refractivity contribution in [2.45, 2.75) is 20.4 Å². The third-order valence-electron chi connectivity index (χ3n) is 4.79. The van der Waals surface area contributed by atoms with Crippen molar-refractivity contribution >= 4 is 5.69 Å². The Labute approximate surface area is 154 Å². The molecule has 0 aliphatic carbocycles. The van der Waals surface area contributed by atoms with E-state index in [0.717, 1.165) is 50.1 Å². The van der Waals surface area contributed by atoms with Crippen molar-refractivity contribution in [3.63, 3.8) is 0 Å². The molecule has 3 aromatic rings. The quantitative estimate of drug-likeness (QED) is 0.725. The first-order valence-electron chi connectivity index (χ1n) is 9.06. The lowest BCUT2D eigenvalue weighted by Crippen LogP contribution is -2.46. The van der Waals surface area contributed by atoms with E-state index in [9.17, 15) is 0 Å². The van der Waals surface area contributed by atoms with E-state index in [1.807, 2.05) is 23.7 Å². The molecule has 1 aromatic carbocycles. The average molecular weight is 348 g/mol. The third kappa shape index (κ3) is 3.60. The maximum atomic E-state index is 4.65. The molecule has 0 atom stereocenters. The van der Waals surface area contributed by atoms with E-state index in [4.69, 9.17) is 0 Å². The maximum absolute atomic E-state index is 4.65. The number of hydrogen-bond acceptors (Lipinski definition) is 5. The van der Waals surface area contributed by atoms with Crippen LogP contribution in [0.25, 0.3) is 5.69 Å². The molecule has 1 fully saturated rings. The summed E-state index contributed by atoms with van der Waals surface area (Å²) in [6.07, 6.45) is 3.58. The predicted octanol–water partition coefficient (Wildman–Crippen LogP) is 2.60. The summed E-state index contributed by atoms with van der Waals surface area (Å²) in [4.78, 5) is 13.6. The molecule has 0 N–H and O–H groups in total. The standard InChI is InChI=1S/C20H24N6/c1-16-4-3-5-19(14-16)25-12-10-24(11-13-25)15-20-22-17(2)23-26(20)18-6-8-21-9-7-18/h3-9,14H,10-13,15H2,1-2H3. The monoisotopic (exact) mass is 348 g/mol. The van der Waals surface area contributed by atoms with Crippen molar-refractivity contribution in [1.29, 1.82) is 0 Å². The van der Waals surface area contributed by atoms with Gasteiger partial charge >= 0.3 is 0 Å². The first-order valence-corrected chi connectivity index (χ1v) is 9.06. The molecule has 6 nitrogen and oxygen atoms in total. The van der Waals surface area contributed by atoms with Gasteiger partial charge in [-0.05, 0) is 43.7 Å². The molecule has 1 saturated heterocycles. The first-order chi connectivity index (χ1) is 12.7. The second kappa shape index (κ2) is 7.25. The van der Waals surface area contributed by atoms with E-state index in [-0.39, 0.29) is 0 Å². The molecule has 1 aliphatic heterocycles. The van der Waals surface area contributed by atoms with Gasteiger partial charge in [0.05, 0.1) is 12.2 Å². The van der Waals surface area contributed by atoms with E-state index in [1.54, 1.807) is 12.4 Å². The van der Waals surface area contributed by atoms with E-state index in [0.29, 0.717) is 0 Å². The Kier molecular flexibility index (Phi) is 4.67. The zero-order valence-corrected chi connectivity index (χ0v) is 15.3. The van der Waals surface area contributed by atoms with Gasteiger partial charge in [0.1, 0.15) is 11.6 Å². The summed E-state index contributed by atoms with van der Waals surface area (Å²) in [6, 6.07) is 12.7. The van der Waals surface area contributed by atoms with Crippen molar-refractivity contribution in [2.24, 2.45) is 0 Å². The largest absolute Gasteiger partial charge is 0.369 e. The van der Waals surface area contributed by atoms with Crippen LogP contribution in [0, 0.1) is 13.8 Å². The topological polar surface area (TPSA) is 50.1 Å². The SMILES string of the molecule is Cc1cccc(N2CCN(Cc3nc(C)nn3-c3ccncc3)CC2)c1. The molecule has 0 spiro atoms. The Morgan fingerprint density at radius 3 is 2.42 bits per heavy atom. The van der Waals surface area contributed by atoms with E-state index >= 15 is 0 Å². The summed E-state index contributed by atoms with van der Waals surface area (Å²) in [5.74, 6) is 1.79. The van der Waals surface area contributed by atoms with Gasteiger partial charge in [-0.3, -0.25) is 9.88 Å². The Morgan fingerprint density at radius 1 is 0.923 bits per heavy atom. The molecule has 0 unspecified atom stereocenters. The van der Waals surface area contributed by atoms with Crippen LogP contribution in [0.1, 0.15) is 17.2 Å². The summed E-state index contributed by atoms with van der Waals surface area (Å²) in [5.41, 5.74) is 3.64. The summed E-state index contributed by atoms with van der Waals surface area (Å²) < 4.78 is 1.93. The van der Waals surface area contributed by atoms with Crippen molar-refractivity contribution in [2.75, 3.05) is 31.1 Å². The Bertz CT molecular complexity index is 865. The first kappa shape index (κ1) is 16.7. The van der Waals surface area contributed by atoms with Gasteiger partial charge in [-0.1, -0.05) is 12.1 Å². The fraction of sp³-hybridized carbons (Fsp3) is 0.350. The summed E-state index contributed by atoms with van der Waals surface area (Å²) in [7, 11) is 0. The van der Waals surface area contributed by atoms with Gasteiger partial charge in [-0.25, -0.2) is 9.67 Å². The summed E-state index contributed by atoms with van der Waals surface area (Å²) in [5, 5.41) is 4.56. The van der Waals surface area contributed by atoms with Crippen LogP contribution in [0.15, 0.2) is 48.8 Å². The van der Waals surface area contributed by atoms with Crippen LogP contribution >= 0.6 is 0 Å². The highest BCUT2D eigenvalue weighted by Crippen LogP contribution is 2.19. The lowest BCUT2D eigenvalue weighted by Gasteiger charge is -2.36. The minimum absolute atomic E-state index is 0.801. The highest BCUT2D eigenvalue weighted by molar-refractivity contribution is 5.48. The molecule has 26 heavy (non-hydrogen) atoms. The minimum Gasteiger partial charge on any atom is -0.369 e. The molecule has 4 rings (SSSR count). The molecule has 0 bridgehead atoms. The molecule has 0 saturated carbocycles. The van der Waals surface area contributed by atoms with E-state index in [2.05, 4.69) is 56.1 Å². The van der Waals surface area contributed by atoms with Gasteiger partial charge < -0.3 is 4.90 Å². The van der Waals surface area contributed by atoms with Gasteiger partial charge in [0.2, 0.25) is 0 Å². The predicted molar refractivity (Wildman–Crippen MR) is 103 cm³/mol. The minimum atomic E-state index is 0.801. The number of benzene rings is 1. The Morgan fingerprint density at radius 2 is 1.69 bits per heavy atom. The van der Waals surface area contributed by atoms with Gasteiger partial charge in [0.15, 0.2) is 0 Å². The van der Waals surface area contributed by atoms with E-state index < -0.39 is 0 Å². The molecular formula is C20H24N6. The fourth-order valence-electron chi connectivity index (χ4n) is 3.44.